The summed E-state index contributed by atoms with van der Waals surface area (Å²) in [4.78, 5) is 0. The Labute approximate surface area is 84.7 Å². The fourth-order valence-corrected chi connectivity index (χ4v) is 1.18. The Morgan fingerprint density at radius 3 is 2.71 bits per heavy atom. The number of benzene rings is 1. The molecule has 1 atom stereocenters. The van der Waals surface area contributed by atoms with Gasteiger partial charge in [0.2, 0.25) is 0 Å². The molecule has 0 amide bonds. The van der Waals surface area contributed by atoms with E-state index < -0.39 is 6.10 Å². The van der Waals surface area contributed by atoms with E-state index in [-0.39, 0.29) is 0 Å². The minimum absolute atomic E-state index is 0.371. The molecule has 0 radical (unpaired) electrons. The summed E-state index contributed by atoms with van der Waals surface area (Å²) in [5, 5.41) is 12.2. The molecule has 78 valence electrons. The average Bonchev–Trinajstić information content (AvgIpc) is 2.20. The van der Waals surface area contributed by atoms with Crippen LogP contribution in [0.15, 0.2) is 30.3 Å². The molecule has 14 heavy (non-hydrogen) atoms. The van der Waals surface area contributed by atoms with E-state index in [1.54, 1.807) is 7.05 Å². The van der Waals surface area contributed by atoms with Crippen molar-refractivity contribution in [2.75, 3.05) is 20.2 Å². The normalized spacial score (nSPS) is 12.7. The van der Waals surface area contributed by atoms with E-state index >= 15 is 0 Å². The van der Waals surface area contributed by atoms with Gasteiger partial charge in [-0.2, -0.15) is 0 Å². The maximum absolute atomic E-state index is 9.34. The molecular formula is C11H17NO2. The lowest BCUT2D eigenvalue weighted by atomic mass is 10.2. The Balaban J connectivity index is 2.16. The maximum atomic E-state index is 9.34. The third-order valence-electron chi connectivity index (χ3n) is 1.86. The zero-order chi connectivity index (χ0) is 10.2. The zero-order valence-corrected chi connectivity index (χ0v) is 8.44. The van der Waals surface area contributed by atoms with Crippen molar-refractivity contribution in [3.05, 3.63) is 35.9 Å². The monoisotopic (exact) mass is 195 g/mol. The molecule has 0 aliphatic heterocycles. The second kappa shape index (κ2) is 6.54. The molecule has 0 aromatic heterocycles. The van der Waals surface area contributed by atoms with Gasteiger partial charge in [0.1, 0.15) is 0 Å². The molecule has 0 heterocycles. The first-order valence-electron chi connectivity index (χ1n) is 4.77. The molecule has 1 aromatic rings. The number of nitrogens with one attached hydrogen (secondary N) is 1. The number of ether oxygens (including phenoxy) is 1. The highest BCUT2D eigenvalue weighted by molar-refractivity contribution is 5.13. The Hall–Kier alpha value is -0.900. The van der Waals surface area contributed by atoms with Crippen LogP contribution in [0.2, 0.25) is 0 Å². The summed E-state index contributed by atoms with van der Waals surface area (Å²) < 4.78 is 5.34. The smallest absolute Gasteiger partial charge is 0.0897 e. The largest absolute Gasteiger partial charge is 0.389 e. The Bertz CT molecular complexity index is 238. The molecule has 0 fully saturated rings. The highest BCUT2D eigenvalue weighted by Crippen LogP contribution is 2.00. The van der Waals surface area contributed by atoms with Crippen LogP contribution < -0.4 is 5.32 Å². The predicted molar refractivity (Wildman–Crippen MR) is 56.0 cm³/mol. The third kappa shape index (κ3) is 4.37. The lowest BCUT2D eigenvalue weighted by molar-refractivity contribution is 0.0297. The summed E-state index contributed by atoms with van der Waals surface area (Å²) >= 11 is 0. The fourth-order valence-electron chi connectivity index (χ4n) is 1.18. The van der Waals surface area contributed by atoms with Crippen molar-refractivity contribution in [2.24, 2.45) is 0 Å². The molecular weight excluding hydrogens is 178 g/mol. The van der Waals surface area contributed by atoms with Gasteiger partial charge in [0.05, 0.1) is 19.3 Å². The number of hydrogen-bond donors (Lipinski definition) is 2. The van der Waals surface area contributed by atoms with Gasteiger partial charge < -0.3 is 15.2 Å². The van der Waals surface area contributed by atoms with E-state index in [9.17, 15) is 5.11 Å². The molecule has 1 unspecified atom stereocenters. The van der Waals surface area contributed by atoms with Gasteiger partial charge in [-0.3, -0.25) is 0 Å². The number of hydrogen-bond acceptors (Lipinski definition) is 3. The van der Waals surface area contributed by atoms with E-state index in [4.69, 9.17) is 4.74 Å². The van der Waals surface area contributed by atoms with Crippen LogP contribution in [0.1, 0.15) is 5.56 Å². The first kappa shape index (κ1) is 11.2. The van der Waals surface area contributed by atoms with Gasteiger partial charge in [-0.1, -0.05) is 30.3 Å². The average molecular weight is 195 g/mol. The van der Waals surface area contributed by atoms with Gasteiger partial charge in [0.25, 0.3) is 0 Å². The minimum atomic E-state index is -0.427. The van der Waals surface area contributed by atoms with Gasteiger partial charge in [0, 0.05) is 6.54 Å². The molecule has 3 nitrogen and oxygen atoms in total. The quantitative estimate of drug-likeness (QED) is 0.705. The van der Waals surface area contributed by atoms with Crippen molar-refractivity contribution < 1.29 is 9.84 Å². The molecule has 1 rings (SSSR count). The van der Waals surface area contributed by atoms with Gasteiger partial charge in [-0.15, -0.1) is 0 Å². The van der Waals surface area contributed by atoms with Crippen molar-refractivity contribution in [3.63, 3.8) is 0 Å². The highest BCUT2D eigenvalue weighted by Gasteiger charge is 2.01. The van der Waals surface area contributed by atoms with E-state index in [1.807, 2.05) is 30.3 Å². The topological polar surface area (TPSA) is 41.5 Å². The molecule has 2 N–H and O–H groups in total. The summed E-state index contributed by atoms with van der Waals surface area (Å²) in [6.45, 7) is 1.49. The standard InChI is InChI=1S/C11H17NO2/c1-12-7-11(13)9-14-8-10-5-3-2-4-6-10/h2-6,11-13H,7-9H2,1H3. The lowest BCUT2D eigenvalue weighted by Crippen LogP contribution is -2.27. The van der Waals surface area contributed by atoms with Crippen LogP contribution >= 0.6 is 0 Å². The first-order chi connectivity index (χ1) is 6.83. The van der Waals surface area contributed by atoms with Gasteiger partial charge >= 0.3 is 0 Å². The number of likely N-dealkylation sites (N-methyl/N-ethyl adjacent to an activating group) is 1. The minimum Gasteiger partial charge on any atom is -0.389 e. The second-order valence-corrected chi connectivity index (χ2v) is 3.21. The summed E-state index contributed by atoms with van der Waals surface area (Å²) in [6.07, 6.45) is -0.427. The van der Waals surface area contributed by atoms with Crippen LogP contribution in [0.25, 0.3) is 0 Å². The SMILES string of the molecule is CNCC(O)COCc1ccccc1. The molecule has 0 saturated carbocycles. The predicted octanol–water partition coefficient (Wildman–Crippen LogP) is 0.783. The molecule has 0 aliphatic carbocycles. The maximum Gasteiger partial charge on any atom is 0.0897 e. The van der Waals surface area contributed by atoms with Gasteiger partial charge in [-0.25, -0.2) is 0 Å². The summed E-state index contributed by atoms with van der Waals surface area (Å²) in [7, 11) is 1.81. The van der Waals surface area contributed by atoms with E-state index in [2.05, 4.69) is 5.32 Å². The van der Waals surface area contributed by atoms with E-state index in [0.717, 1.165) is 5.56 Å². The Morgan fingerprint density at radius 1 is 1.36 bits per heavy atom. The number of rotatable bonds is 6. The molecule has 0 spiro atoms. The lowest BCUT2D eigenvalue weighted by Gasteiger charge is -2.10. The van der Waals surface area contributed by atoms with Crippen molar-refractivity contribution >= 4 is 0 Å². The van der Waals surface area contributed by atoms with Gasteiger partial charge in [0.15, 0.2) is 0 Å². The van der Waals surface area contributed by atoms with E-state index in [0.29, 0.717) is 19.8 Å². The third-order valence-corrected chi connectivity index (χ3v) is 1.86. The molecule has 0 aliphatic rings. The van der Waals surface area contributed by atoms with Crippen LogP contribution in [-0.2, 0) is 11.3 Å². The van der Waals surface area contributed by atoms with Crippen molar-refractivity contribution in [1.29, 1.82) is 0 Å². The molecule has 3 heteroatoms. The Morgan fingerprint density at radius 2 is 2.07 bits per heavy atom. The molecule has 0 saturated heterocycles. The van der Waals surface area contributed by atoms with Crippen LogP contribution in [-0.4, -0.2) is 31.4 Å². The number of aliphatic hydroxyl groups is 1. The molecule has 1 aromatic carbocycles. The van der Waals surface area contributed by atoms with Crippen LogP contribution in [0.3, 0.4) is 0 Å². The van der Waals surface area contributed by atoms with Crippen LogP contribution in [0.4, 0.5) is 0 Å². The molecule has 0 bridgehead atoms. The van der Waals surface area contributed by atoms with E-state index in [1.165, 1.54) is 0 Å². The second-order valence-electron chi connectivity index (χ2n) is 3.21. The van der Waals surface area contributed by atoms with Crippen LogP contribution in [0.5, 0.6) is 0 Å². The van der Waals surface area contributed by atoms with Crippen molar-refractivity contribution in [1.82, 2.24) is 5.32 Å². The summed E-state index contributed by atoms with van der Waals surface area (Å²) in [6, 6.07) is 9.93. The Kier molecular flexibility index (Phi) is 5.22. The van der Waals surface area contributed by atoms with Crippen LogP contribution in [0, 0.1) is 0 Å². The summed E-state index contributed by atoms with van der Waals surface area (Å²) in [5.74, 6) is 0. The highest BCUT2D eigenvalue weighted by atomic mass is 16.5. The summed E-state index contributed by atoms with van der Waals surface area (Å²) in [5.41, 5.74) is 1.13. The van der Waals surface area contributed by atoms with Crippen molar-refractivity contribution in [3.8, 4) is 0 Å². The fraction of sp³-hybridized carbons (Fsp3) is 0.455. The number of aliphatic hydroxyl groups excluding tert-OH is 1. The zero-order valence-electron chi connectivity index (χ0n) is 8.44. The van der Waals surface area contributed by atoms with Gasteiger partial charge in [-0.05, 0) is 12.6 Å². The first-order valence-corrected chi connectivity index (χ1v) is 4.77. The van der Waals surface area contributed by atoms with Crippen molar-refractivity contribution in [2.45, 2.75) is 12.7 Å².